The van der Waals surface area contributed by atoms with Gasteiger partial charge in [0.05, 0.1) is 11.4 Å². The molecule has 2 aromatic rings. The lowest BCUT2D eigenvalue weighted by atomic mass is 10.2. The highest BCUT2D eigenvalue weighted by molar-refractivity contribution is 5.15. The van der Waals surface area contributed by atoms with Crippen LogP contribution in [-0.4, -0.2) is 27.8 Å². The molecule has 0 aliphatic rings. The van der Waals surface area contributed by atoms with E-state index in [0.29, 0.717) is 0 Å². The lowest BCUT2D eigenvalue weighted by molar-refractivity contribution is 0.248. The van der Waals surface area contributed by atoms with E-state index in [1.807, 2.05) is 18.7 Å². The third-order valence-electron chi connectivity index (χ3n) is 3.41. The smallest absolute Gasteiger partial charge is 0.0597 e. The fourth-order valence-corrected chi connectivity index (χ4v) is 2.41. The summed E-state index contributed by atoms with van der Waals surface area (Å²) in [6.45, 7) is 5.63. The van der Waals surface area contributed by atoms with E-state index < -0.39 is 0 Å². The van der Waals surface area contributed by atoms with Crippen molar-refractivity contribution in [1.82, 2.24) is 14.7 Å². The zero-order chi connectivity index (χ0) is 14.4. The Hall–Kier alpha value is -1.65. The van der Waals surface area contributed by atoms with Gasteiger partial charge in [-0.3, -0.25) is 9.58 Å². The van der Waals surface area contributed by atoms with Crippen LogP contribution in [0.25, 0.3) is 0 Å². The van der Waals surface area contributed by atoms with Crippen LogP contribution in [0.1, 0.15) is 23.4 Å². The van der Waals surface area contributed by atoms with Crippen LogP contribution in [0.15, 0.2) is 36.4 Å². The molecule has 2 N–H and O–H groups in total. The first-order valence-electron chi connectivity index (χ1n) is 7.15. The van der Waals surface area contributed by atoms with E-state index in [1.165, 1.54) is 11.3 Å². The van der Waals surface area contributed by atoms with Gasteiger partial charge in [0.2, 0.25) is 0 Å². The molecule has 4 nitrogen and oxygen atoms in total. The first-order valence-corrected chi connectivity index (χ1v) is 7.15. The second-order valence-electron chi connectivity index (χ2n) is 5.24. The van der Waals surface area contributed by atoms with Gasteiger partial charge in [-0.15, -0.1) is 0 Å². The number of benzene rings is 1. The molecule has 2 rings (SSSR count). The van der Waals surface area contributed by atoms with Crippen molar-refractivity contribution in [3.8, 4) is 0 Å². The number of aromatic nitrogens is 2. The number of hydrogen-bond donors (Lipinski definition) is 1. The Morgan fingerprint density at radius 1 is 1.20 bits per heavy atom. The van der Waals surface area contributed by atoms with E-state index in [-0.39, 0.29) is 0 Å². The Kier molecular flexibility index (Phi) is 5.32. The maximum atomic E-state index is 5.65. The van der Waals surface area contributed by atoms with Gasteiger partial charge in [0.25, 0.3) is 0 Å². The minimum absolute atomic E-state index is 0.732. The number of nitrogens with zero attached hydrogens (tertiary/aromatic N) is 3. The van der Waals surface area contributed by atoms with Crippen molar-refractivity contribution in [1.29, 1.82) is 0 Å². The Balaban J connectivity index is 2.05. The van der Waals surface area contributed by atoms with E-state index in [2.05, 4.69) is 46.4 Å². The van der Waals surface area contributed by atoms with Gasteiger partial charge in [-0.05, 0) is 31.5 Å². The van der Waals surface area contributed by atoms with Gasteiger partial charge >= 0.3 is 0 Å². The molecule has 0 atom stereocenters. The third kappa shape index (κ3) is 4.18. The van der Waals surface area contributed by atoms with Crippen LogP contribution in [0.5, 0.6) is 0 Å². The summed E-state index contributed by atoms with van der Waals surface area (Å²) in [5, 5.41) is 4.42. The van der Waals surface area contributed by atoms with Crippen LogP contribution >= 0.6 is 0 Å². The van der Waals surface area contributed by atoms with E-state index >= 15 is 0 Å². The molecule has 0 radical (unpaired) electrons. The maximum Gasteiger partial charge on any atom is 0.0597 e. The standard InChI is InChI=1S/C16H24N4/c1-14-11-16(19(2)18-14)13-20(10-6-9-17)12-15-7-4-3-5-8-15/h3-5,7-8,11H,6,9-10,12-13,17H2,1-2H3. The van der Waals surface area contributed by atoms with Crippen molar-refractivity contribution in [3.63, 3.8) is 0 Å². The average molecular weight is 272 g/mol. The van der Waals surface area contributed by atoms with Gasteiger partial charge in [0.1, 0.15) is 0 Å². The summed E-state index contributed by atoms with van der Waals surface area (Å²) in [5.41, 5.74) is 9.31. The molecule has 1 heterocycles. The molecule has 1 aromatic carbocycles. The van der Waals surface area contributed by atoms with Gasteiger partial charge in [-0.1, -0.05) is 30.3 Å². The molecule has 20 heavy (non-hydrogen) atoms. The summed E-state index contributed by atoms with van der Waals surface area (Å²) in [6.07, 6.45) is 1.02. The third-order valence-corrected chi connectivity index (χ3v) is 3.41. The minimum Gasteiger partial charge on any atom is -0.330 e. The van der Waals surface area contributed by atoms with E-state index in [9.17, 15) is 0 Å². The van der Waals surface area contributed by atoms with Crippen LogP contribution in [0.2, 0.25) is 0 Å². The Bertz CT molecular complexity index is 519. The highest BCUT2D eigenvalue weighted by Crippen LogP contribution is 2.11. The molecule has 0 amide bonds. The topological polar surface area (TPSA) is 47.1 Å². The second kappa shape index (κ2) is 7.22. The van der Waals surface area contributed by atoms with E-state index in [1.54, 1.807) is 0 Å². The zero-order valence-electron chi connectivity index (χ0n) is 12.4. The highest BCUT2D eigenvalue weighted by Gasteiger charge is 2.10. The highest BCUT2D eigenvalue weighted by atomic mass is 15.3. The zero-order valence-corrected chi connectivity index (χ0v) is 12.4. The Morgan fingerprint density at radius 2 is 1.95 bits per heavy atom. The first-order chi connectivity index (χ1) is 9.69. The molecule has 0 spiro atoms. The van der Waals surface area contributed by atoms with Crippen molar-refractivity contribution in [3.05, 3.63) is 53.3 Å². The normalized spacial score (nSPS) is 11.2. The van der Waals surface area contributed by atoms with Gasteiger partial charge in [0, 0.05) is 26.7 Å². The minimum atomic E-state index is 0.732. The number of hydrogen-bond acceptors (Lipinski definition) is 3. The van der Waals surface area contributed by atoms with Crippen LogP contribution < -0.4 is 5.73 Å². The molecule has 108 valence electrons. The fraction of sp³-hybridized carbons (Fsp3) is 0.438. The van der Waals surface area contributed by atoms with E-state index in [0.717, 1.165) is 38.3 Å². The molecular weight excluding hydrogens is 248 g/mol. The Labute approximate surface area is 121 Å². The van der Waals surface area contributed by atoms with E-state index in [4.69, 9.17) is 5.73 Å². The molecule has 0 aliphatic carbocycles. The number of rotatable bonds is 7. The summed E-state index contributed by atoms with van der Waals surface area (Å²) in [5.74, 6) is 0. The molecule has 0 unspecified atom stereocenters. The van der Waals surface area contributed by atoms with Gasteiger partial charge in [0.15, 0.2) is 0 Å². The van der Waals surface area contributed by atoms with Gasteiger partial charge < -0.3 is 5.73 Å². The molecule has 0 aliphatic heterocycles. The van der Waals surface area contributed by atoms with Crippen LogP contribution in [0.3, 0.4) is 0 Å². The average Bonchev–Trinajstić information content (AvgIpc) is 2.75. The molecular formula is C16H24N4. The van der Waals surface area contributed by atoms with Crippen LogP contribution in [0, 0.1) is 6.92 Å². The van der Waals surface area contributed by atoms with Crippen molar-refractivity contribution in [2.45, 2.75) is 26.4 Å². The second-order valence-corrected chi connectivity index (χ2v) is 5.24. The van der Waals surface area contributed by atoms with Crippen molar-refractivity contribution in [2.24, 2.45) is 12.8 Å². The SMILES string of the molecule is Cc1cc(CN(CCCN)Cc2ccccc2)n(C)n1. The van der Waals surface area contributed by atoms with Crippen molar-refractivity contribution >= 4 is 0 Å². The van der Waals surface area contributed by atoms with Crippen molar-refractivity contribution in [2.75, 3.05) is 13.1 Å². The monoisotopic (exact) mass is 272 g/mol. The van der Waals surface area contributed by atoms with Crippen molar-refractivity contribution < 1.29 is 0 Å². The Morgan fingerprint density at radius 3 is 2.55 bits per heavy atom. The van der Waals surface area contributed by atoms with Crippen LogP contribution in [0.4, 0.5) is 0 Å². The quantitative estimate of drug-likeness (QED) is 0.839. The molecule has 0 fully saturated rings. The lowest BCUT2D eigenvalue weighted by Gasteiger charge is -2.22. The molecule has 0 saturated heterocycles. The largest absolute Gasteiger partial charge is 0.330 e. The maximum absolute atomic E-state index is 5.65. The van der Waals surface area contributed by atoms with Gasteiger partial charge in [-0.2, -0.15) is 5.10 Å². The summed E-state index contributed by atoms with van der Waals surface area (Å²) < 4.78 is 1.97. The molecule has 0 saturated carbocycles. The predicted octanol–water partition coefficient (Wildman–Crippen LogP) is 2.08. The summed E-state index contributed by atoms with van der Waals surface area (Å²) in [4.78, 5) is 2.43. The predicted molar refractivity (Wildman–Crippen MR) is 82.2 cm³/mol. The van der Waals surface area contributed by atoms with Gasteiger partial charge in [-0.25, -0.2) is 0 Å². The summed E-state index contributed by atoms with van der Waals surface area (Å²) >= 11 is 0. The number of aryl methyl sites for hydroxylation is 2. The lowest BCUT2D eigenvalue weighted by Crippen LogP contribution is -2.26. The molecule has 0 bridgehead atoms. The molecule has 4 heteroatoms. The summed E-state index contributed by atoms with van der Waals surface area (Å²) in [6, 6.07) is 12.7. The fourth-order valence-electron chi connectivity index (χ4n) is 2.41. The van der Waals surface area contributed by atoms with Crippen LogP contribution in [-0.2, 0) is 20.1 Å². The number of nitrogens with two attached hydrogens (primary N) is 1. The molecule has 1 aromatic heterocycles. The first kappa shape index (κ1) is 14.8. The summed E-state index contributed by atoms with van der Waals surface area (Å²) in [7, 11) is 2.01.